The molecule has 0 radical (unpaired) electrons. The van der Waals surface area contributed by atoms with E-state index in [9.17, 15) is 21.6 Å². The van der Waals surface area contributed by atoms with E-state index in [0.29, 0.717) is 42.5 Å². The van der Waals surface area contributed by atoms with Crippen molar-refractivity contribution in [2.45, 2.75) is 45.1 Å². The van der Waals surface area contributed by atoms with Crippen molar-refractivity contribution in [1.82, 2.24) is 24.9 Å². The third-order valence-electron chi connectivity index (χ3n) is 7.05. The molecule has 13 heteroatoms. The second-order valence-corrected chi connectivity index (χ2v) is 12.7. The van der Waals surface area contributed by atoms with Gasteiger partial charge in [0.2, 0.25) is 5.89 Å². The Morgan fingerprint density at radius 3 is 2.42 bits per heavy atom. The minimum Gasteiger partial charge on any atom is -0.487 e. The molecular weight excluding hydrogens is 583 g/mol. The fourth-order valence-corrected chi connectivity index (χ4v) is 5.86. The number of hydrogen-bond donors (Lipinski definition) is 0. The van der Waals surface area contributed by atoms with Crippen molar-refractivity contribution in [3.63, 3.8) is 0 Å². The SMILES string of the molecule is O=S1(=O)CCN(Cc2cn(CCCCc3ccc(OCc4coc(/C=C/c5ccc(C(F)(F)F)cc5)n4)cc3)nn2)CC1. The van der Waals surface area contributed by atoms with Crippen LogP contribution in [0.2, 0.25) is 0 Å². The number of rotatable bonds is 12. The van der Waals surface area contributed by atoms with Crippen molar-refractivity contribution >= 4 is 22.0 Å². The molecule has 2 aromatic carbocycles. The van der Waals surface area contributed by atoms with Gasteiger partial charge < -0.3 is 9.15 Å². The Morgan fingerprint density at radius 1 is 0.953 bits per heavy atom. The van der Waals surface area contributed by atoms with Crippen LogP contribution in [0.5, 0.6) is 5.75 Å². The quantitative estimate of drug-likeness (QED) is 0.198. The number of aromatic nitrogens is 4. The van der Waals surface area contributed by atoms with Crippen LogP contribution in [0.15, 0.2) is 65.4 Å². The normalized spacial score (nSPS) is 15.7. The number of halogens is 3. The van der Waals surface area contributed by atoms with Gasteiger partial charge in [-0.2, -0.15) is 13.2 Å². The van der Waals surface area contributed by atoms with Gasteiger partial charge in [-0.15, -0.1) is 5.10 Å². The van der Waals surface area contributed by atoms with Crippen molar-refractivity contribution < 1.29 is 30.7 Å². The van der Waals surface area contributed by atoms with Crippen LogP contribution in [0, 0.1) is 0 Å². The third-order valence-corrected chi connectivity index (χ3v) is 8.66. The summed E-state index contributed by atoms with van der Waals surface area (Å²) in [7, 11) is -2.89. The summed E-state index contributed by atoms with van der Waals surface area (Å²) in [5.74, 6) is 1.44. The van der Waals surface area contributed by atoms with Crippen molar-refractivity contribution in [2.75, 3.05) is 24.6 Å². The van der Waals surface area contributed by atoms with Crippen molar-refractivity contribution in [2.24, 2.45) is 0 Å². The van der Waals surface area contributed by atoms with Crippen molar-refractivity contribution in [1.29, 1.82) is 0 Å². The summed E-state index contributed by atoms with van der Waals surface area (Å²) >= 11 is 0. The van der Waals surface area contributed by atoms with Gasteiger partial charge in [-0.1, -0.05) is 29.5 Å². The van der Waals surface area contributed by atoms with Crippen LogP contribution in [-0.4, -0.2) is 57.9 Å². The average molecular weight is 616 g/mol. The van der Waals surface area contributed by atoms with Gasteiger partial charge in [0, 0.05) is 38.5 Å². The van der Waals surface area contributed by atoms with Gasteiger partial charge in [0.05, 0.1) is 22.8 Å². The highest BCUT2D eigenvalue weighted by Gasteiger charge is 2.29. The van der Waals surface area contributed by atoms with E-state index in [0.717, 1.165) is 43.6 Å². The van der Waals surface area contributed by atoms with E-state index >= 15 is 0 Å². The molecule has 1 aliphatic heterocycles. The molecule has 1 fully saturated rings. The first-order valence-corrected chi connectivity index (χ1v) is 15.8. The highest BCUT2D eigenvalue weighted by molar-refractivity contribution is 7.91. The minimum absolute atomic E-state index is 0.202. The van der Waals surface area contributed by atoms with Crippen LogP contribution < -0.4 is 4.74 Å². The zero-order chi connectivity index (χ0) is 30.3. The molecule has 2 aromatic heterocycles. The zero-order valence-electron chi connectivity index (χ0n) is 23.4. The monoisotopic (exact) mass is 615 g/mol. The van der Waals surface area contributed by atoms with Gasteiger partial charge in [-0.25, -0.2) is 13.4 Å². The Labute approximate surface area is 247 Å². The molecule has 0 atom stereocenters. The molecule has 0 N–H and O–H groups in total. The lowest BCUT2D eigenvalue weighted by Crippen LogP contribution is -2.39. The number of aryl methyl sites for hydroxylation is 2. The molecule has 43 heavy (non-hydrogen) atoms. The fraction of sp³-hybridized carbons (Fsp3) is 0.367. The molecule has 0 aliphatic carbocycles. The number of alkyl halides is 3. The summed E-state index contributed by atoms with van der Waals surface area (Å²) in [6, 6.07) is 12.7. The molecule has 0 unspecified atom stereocenters. The first-order valence-electron chi connectivity index (χ1n) is 13.9. The number of oxazole rings is 1. The second-order valence-electron chi connectivity index (χ2n) is 10.4. The average Bonchev–Trinajstić information content (AvgIpc) is 3.64. The Bertz CT molecular complexity index is 1600. The fourth-order valence-electron chi connectivity index (χ4n) is 4.59. The number of benzene rings is 2. The molecule has 1 aliphatic rings. The first kappa shape index (κ1) is 30.5. The molecule has 0 amide bonds. The topological polar surface area (TPSA) is 103 Å². The third kappa shape index (κ3) is 9.26. The number of hydrogen-bond acceptors (Lipinski definition) is 8. The van der Waals surface area contributed by atoms with Crippen LogP contribution in [0.25, 0.3) is 12.2 Å². The van der Waals surface area contributed by atoms with E-state index < -0.39 is 21.6 Å². The summed E-state index contributed by atoms with van der Waals surface area (Å²) in [6.45, 7) is 2.67. The Balaban J connectivity index is 0.996. The van der Waals surface area contributed by atoms with Gasteiger partial charge in [0.1, 0.15) is 24.3 Å². The molecule has 5 rings (SSSR count). The van der Waals surface area contributed by atoms with Gasteiger partial charge in [0.15, 0.2) is 9.84 Å². The van der Waals surface area contributed by atoms with Gasteiger partial charge >= 0.3 is 6.18 Å². The van der Waals surface area contributed by atoms with Crippen LogP contribution >= 0.6 is 0 Å². The Hall–Kier alpha value is -3.97. The summed E-state index contributed by atoms with van der Waals surface area (Å²) < 4.78 is 74.3. The van der Waals surface area contributed by atoms with Gasteiger partial charge in [-0.05, 0) is 60.7 Å². The lowest BCUT2D eigenvalue weighted by atomic mass is 10.1. The number of sulfone groups is 1. The number of ether oxygens (including phenoxy) is 1. The van der Waals surface area contributed by atoms with Crippen LogP contribution in [0.4, 0.5) is 13.2 Å². The van der Waals surface area contributed by atoms with Crippen molar-refractivity contribution in [3.8, 4) is 5.75 Å². The maximum absolute atomic E-state index is 12.7. The van der Waals surface area contributed by atoms with Gasteiger partial charge in [-0.3, -0.25) is 9.58 Å². The van der Waals surface area contributed by atoms with Crippen molar-refractivity contribution in [3.05, 3.63) is 95.0 Å². The van der Waals surface area contributed by atoms with E-state index in [4.69, 9.17) is 9.15 Å². The molecule has 0 spiro atoms. The first-order chi connectivity index (χ1) is 20.6. The summed E-state index contributed by atoms with van der Waals surface area (Å²) in [5.41, 5.74) is 2.55. The predicted octanol–water partition coefficient (Wildman–Crippen LogP) is 5.29. The molecule has 4 aromatic rings. The lowest BCUT2D eigenvalue weighted by molar-refractivity contribution is -0.137. The molecule has 1 saturated heterocycles. The largest absolute Gasteiger partial charge is 0.487 e. The summed E-state index contributed by atoms with van der Waals surface area (Å²) in [4.78, 5) is 6.43. The highest BCUT2D eigenvalue weighted by Crippen LogP contribution is 2.29. The molecule has 3 heterocycles. The Morgan fingerprint density at radius 2 is 1.70 bits per heavy atom. The molecule has 0 bridgehead atoms. The minimum atomic E-state index is -4.36. The molecule has 9 nitrogen and oxygen atoms in total. The maximum atomic E-state index is 12.7. The summed E-state index contributed by atoms with van der Waals surface area (Å²) in [5, 5.41) is 8.43. The van der Waals surface area contributed by atoms with E-state index in [1.165, 1.54) is 24.0 Å². The van der Waals surface area contributed by atoms with Crippen LogP contribution in [0.1, 0.15) is 46.8 Å². The highest BCUT2D eigenvalue weighted by atomic mass is 32.2. The standard InChI is InChI=1S/C30H32F3N5O4S/c31-30(32,33)25-9-4-24(5-10-25)8-13-29-34-27(22-42-29)21-41-28-11-6-23(7-12-28)3-1-2-14-38-20-26(35-36-38)19-37-15-17-43(39,40)18-16-37/h4-13,20,22H,1-3,14-19,21H2/b13-8+. The molecular formula is C30H32F3N5O4S. The molecule has 228 valence electrons. The number of nitrogens with zero attached hydrogens (tertiary/aromatic N) is 5. The smallest absolute Gasteiger partial charge is 0.416 e. The van der Waals surface area contributed by atoms with Gasteiger partial charge in [0.25, 0.3) is 0 Å². The van der Waals surface area contributed by atoms with E-state index in [-0.39, 0.29) is 18.1 Å². The van der Waals surface area contributed by atoms with Crippen LogP contribution in [0.3, 0.4) is 0 Å². The molecule has 0 saturated carbocycles. The number of unbranched alkanes of at least 4 members (excludes halogenated alkanes) is 1. The lowest BCUT2D eigenvalue weighted by Gasteiger charge is -2.25. The van der Waals surface area contributed by atoms with E-state index in [1.54, 1.807) is 12.2 Å². The van der Waals surface area contributed by atoms with E-state index in [2.05, 4.69) is 20.2 Å². The van der Waals surface area contributed by atoms with Crippen LogP contribution in [-0.2, 0) is 42.1 Å². The van der Waals surface area contributed by atoms with E-state index in [1.807, 2.05) is 35.1 Å². The summed E-state index contributed by atoms with van der Waals surface area (Å²) in [6.07, 6.45) is 5.13. The zero-order valence-corrected chi connectivity index (χ0v) is 24.2. The predicted molar refractivity (Wildman–Crippen MR) is 155 cm³/mol. The maximum Gasteiger partial charge on any atom is 0.416 e. The second kappa shape index (κ2) is 13.6. The Kier molecular flexibility index (Phi) is 9.61.